The Morgan fingerprint density at radius 3 is 2.57 bits per heavy atom. The second-order valence-electron chi connectivity index (χ2n) is 4.59. The Labute approximate surface area is 91.3 Å². The van der Waals surface area contributed by atoms with Gasteiger partial charge in [0.25, 0.3) is 0 Å². The summed E-state index contributed by atoms with van der Waals surface area (Å²) in [6, 6.07) is 0.221. The molecular formula is C10H20N2OS. The number of nitrogens with zero attached hydrogens (tertiary/aromatic N) is 1. The lowest BCUT2D eigenvalue weighted by Gasteiger charge is -2.27. The molecule has 1 aliphatic rings. The van der Waals surface area contributed by atoms with Gasteiger partial charge in [0, 0.05) is 19.0 Å². The van der Waals surface area contributed by atoms with Crippen LogP contribution in [-0.2, 0) is 0 Å². The van der Waals surface area contributed by atoms with Crippen molar-refractivity contribution >= 4 is 17.2 Å². The predicted molar refractivity (Wildman–Crippen MR) is 62.2 cm³/mol. The van der Waals surface area contributed by atoms with Gasteiger partial charge in [0.2, 0.25) is 0 Å². The zero-order valence-corrected chi connectivity index (χ0v) is 9.81. The Balaban J connectivity index is 2.39. The monoisotopic (exact) mass is 216 g/mol. The number of nitrogens with two attached hydrogens (primary N) is 1. The Morgan fingerprint density at radius 1 is 1.64 bits per heavy atom. The SMILES string of the molecule is CC(CO)N(C)CC1(CC(N)=S)CC1. The molecule has 0 spiro atoms. The summed E-state index contributed by atoms with van der Waals surface area (Å²) < 4.78 is 0. The zero-order valence-electron chi connectivity index (χ0n) is 8.99. The molecule has 14 heavy (non-hydrogen) atoms. The second kappa shape index (κ2) is 4.55. The molecule has 0 aromatic heterocycles. The number of likely N-dealkylation sites (N-methyl/N-ethyl adjacent to an activating group) is 1. The van der Waals surface area contributed by atoms with E-state index in [0.717, 1.165) is 13.0 Å². The van der Waals surface area contributed by atoms with Gasteiger partial charge in [-0.05, 0) is 32.2 Å². The molecule has 82 valence electrons. The van der Waals surface area contributed by atoms with E-state index in [9.17, 15) is 0 Å². The summed E-state index contributed by atoms with van der Waals surface area (Å²) in [6.07, 6.45) is 3.28. The van der Waals surface area contributed by atoms with E-state index in [-0.39, 0.29) is 12.6 Å². The Hall–Kier alpha value is -0.190. The fourth-order valence-electron chi connectivity index (χ4n) is 1.76. The molecule has 0 aromatic carbocycles. The first-order chi connectivity index (χ1) is 6.49. The highest BCUT2D eigenvalue weighted by Crippen LogP contribution is 2.49. The second-order valence-corrected chi connectivity index (χ2v) is 5.11. The third kappa shape index (κ3) is 3.19. The molecule has 0 saturated heterocycles. The van der Waals surface area contributed by atoms with Gasteiger partial charge in [0.05, 0.1) is 11.6 Å². The van der Waals surface area contributed by atoms with Crippen LogP contribution in [0.15, 0.2) is 0 Å². The highest BCUT2D eigenvalue weighted by atomic mass is 32.1. The van der Waals surface area contributed by atoms with Crippen LogP contribution in [0.25, 0.3) is 0 Å². The summed E-state index contributed by atoms with van der Waals surface area (Å²) in [4.78, 5) is 2.80. The molecule has 0 amide bonds. The van der Waals surface area contributed by atoms with Crippen molar-refractivity contribution in [1.29, 1.82) is 0 Å². The van der Waals surface area contributed by atoms with Gasteiger partial charge >= 0.3 is 0 Å². The minimum atomic E-state index is 0.208. The van der Waals surface area contributed by atoms with Gasteiger partial charge in [-0.3, -0.25) is 0 Å². The van der Waals surface area contributed by atoms with Crippen molar-refractivity contribution in [2.75, 3.05) is 20.2 Å². The molecule has 0 aliphatic heterocycles. The summed E-state index contributed by atoms with van der Waals surface area (Å²) in [7, 11) is 2.04. The quantitative estimate of drug-likeness (QED) is 0.644. The molecule has 0 aromatic rings. The Bertz CT molecular complexity index is 216. The maximum absolute atomic E-state index is 9.01. The largest absolute Gasteiger partial charge is 0.395 e. The Morgan fingerprint density at radius 2 is 2.21 bits per heavy atom. The highest BCUT2D eigenvalue weighted by molar-refractivity contribution is 7.80. The molecule has 0 heterocycles. The van der Waals surface area contributed by atoms with Gasteiger partial charge in [0.15, 0.2) is 0 Å². The molecule has 3 nitrogen and oxygen atoms in total. The lowest BCUT2D eigenvalue weighted by atomic mass is 10.0. The third-order valence-corrected chi connectivity index (χ3v) is 3.25. The third-order valence-electron chi connectivity index (χ3n) is 3.11. The van der Waals surface area contributed by atoms with E-state index in [0.29, 0.717) is 10.4 Å². The smallest absolute Gasteiger partial charge is 0.0733 e. The normalized spacial score (nSPS) is 20.9. The van der Waals surface area contributed by atoms with Crippen molar-refractivity contribution in [2.24, 2.45) is 11.1 Å². The average molecular weight is 216 g/mol. The maximum Gasteiger partial charge on any atom is 0.0733 e. The van der Waals surface area contributed by atoms with E-state index >= 15 is 0 Å². The Kier molecular flexibility index (Phi) is 3.86. The summed E-state index contributed by atoms with van der Waals surface area (Å²) in [5, 5.41) is 9.01. The van der Waals surface area contributed by atoms with Crippen LogP contribution in [0.5, 0.6) is 0 Å². The molecule has 3 N–H and O–H groups in total. The summed E-state index contributed by atoms with van der Waals surface area (Å²) in [5.41, 5.74) is 5.89. The van der Waals surface area contributed by atoms with Crippen molar-refractivity contribution in [3.63, 3.8) is 0 Å². The van der Waals surface area contributed by atoms with E-state index in [2.05, 4.69) is 4.90 Å². The van der Waals surface area contributed by atoms with Crippen molar-refractivity contribution in [3.8, 4) is 0 Å². The molecule has 1 fully saturated rings. The van der Waals surface area contributed by atoms with E-state index < -0.39 is 0 Å². The van der Waals surface area contributed by atoms with Crippen LogP contribution in [-0.4, -0.2) is 41.2 Å². The molecule has 0 bridgehead atoms. The van der Waals surface area contributed by atoms with Crippen LogP contribution >= 0.6 is 12.2 Å². The van der Waals surface area contributed by atoms with Crippen LogP contribution in [0, 0.1) is 5.41 Å². The summed E-state index contributed by atoms with van der Waals surface area (Å²) in [5.74, 6) is 0. The minimum absolute atomic E-state index is 0.208. The fraction of sp³-hybridized carbons (Fsp3) is 0.900. The molecular weight excluding hydrogens is 196 g/mol. The zero-order chi connectivity index (χ0) is 10.8. The number of aliphatic hydroxyl groups excluding tert-OH is 1. The molecule has 1 unspecified atom stereocenters. The van der Waals surface area contributed by atoms with Gasteiger partial charge < -0.3 is 15.7 Å². The van der Waals surface area contributed by atoms with Crippen molar-refractivity contribution in [3.05, 3.63) is 0 Å². The fourth-order valence-corrected chi connectivity index (χ4v) is 2.07. The van der Waals surface area contributed by atoms with E-state index in [4.69, 9.17) is 23.1 Å². The lowest BCUT2D eigenvalue weighted by molar-refractivity contribution is 0.139. The van der Waals surface area contributed by atoms with Crippen LogP contribution in [0.3, 0.4) is 0 Å². The van der Waals surface area contributed by atoms with Crippen LogP contribution in [0.2, 0.25) is 0 Å². The van der Waals surface area contributed by atoms with Gasteiger partial charge in [-0.25, -0.2) is 0 Å². The topological polar surface area (TPSA) is 49.5 Å². The van der Waals surface area contributed by atoms with E-state index in [1.54, 1.807) is 0 Å². The highest BCUT2D eigenvalue weighted by Gasteiger charge is 2.43. The van der Waals surface area contributed by atoms with Gasteiger partial charge in [-0.1, -0.05) is 12.2 Å². The minimum Gasteiger partial charge on any atom is -0.395 e. The van der Waals surface area contributed by atoms with Crippen LogP contribution in [0.1, 0.15) is 26.2 Å². The van der Waals surface area contributed by atoms with Crippen LogP contribution < -0.4 is 5.73 Å². The van der Waals surface area contributed by atoms with E-state index in [1.807, 2.05) is 14.0 Å². The molecule has 4 heteroatoms. The average Bonchev–Trinajstić information content (AvgIpc) is 2.82. The number of rotatable bonds is 6. The first kappa shape index (κ1) is 11.9. The summed E-state index contributed by atoms with van der Waals surface area (Å²) >= 11 is 4.94. The standard InChI is InChI=1S/C10H20N2OS/c1-8(6-13)12(2)7-10(3-4-10)5-9(11)14/h8,13H,3-7H2,1-2H3,(H2,11,14). The number of thiocarbonyl (C=S) groups is 1. The van der Waals surface area contributed by atoms with Gasteiger partial charge in [-0.2, -0.15) is 0 Å². The number of hydrogen-bond donors (Lipinski definition) is 2. The lowest BCUT2D eigenvalue weighted by Crippen LogP contribution is -2.37. The number of aliphatic hydroxyl groups is 1. The first-order valence-corrected chi connectivity index (χ1v) is 5.49. The maximum atomic E-state index is 9.01. The first-order valence-electron chi connectivity index (χ1n) is 5.08. The predicted octanol–water partition coefficient (Wildman–Crippen LogP) is 0.755. The van der Waals surface area contributed by atoms with Crippen molar-refractivity contribution in [2.45, 2.75) is 32.2 Å². The van der Waals surface area contributed by atoms with Gasteiger partial charge in [-0.15, -0.1) is 0 Å². The molecule has 0 radical (unpaired) electrons. The van der Waals surface area contributed by atoms with Crippen molar-refractivity contribution in [1.82, 2.24) is 4.90 Å². The van der Waals surface area contributed by atoms with Gasteiger partial charge in [0.1, 0.15) is 0 Å². The summed E-state index contributed by atoms with van der Waals surface area (Å²) in [6.45, 7) is 3.22. The molecule has 1 aliphatic carbocycles. The molecule has 1 atom stereocenters. The molecule has 1 rings (SSSR count). The van der Waals surface area contributed by atoms with E-state index in [1.165, 1.54) is 12.8 Å². The van der Waals surface area contributed by atoms with Crippen LogP contribution in [0.4, 0.5) is 0 Å². The number of hydrogen-bond acceptors (Lipinski definition) is 3. The molecule has 1 saturated carbocycles. The van der Waals surface area contributed by atoms with Crippen molar-refractivity contribution < 1.29 is 5.11 Å².